The number of aryl methyl sites for hydroxylation is 2. The molecule has 10 heteroatoms. The van der Waals surface area contributed by atoms with E-state index in [1.807, 2.05) is 18.4 Å². The number of hydrogen-bond donors (Lipinski definition) is 1. The third-order valence-corrected chi connectivity index (χ3v) is 7.94. The number of methoxy groups -OCH3 is 1. The molecular formula is C22H26N4O3S3. The molecule has 170 valence electrons. The lowest BCUT2D eigenvalue weighted by Crippen LogP contribution is -2.16. The molecule has 0 atom stereocenters. The first-order valence-electron chi connectivity index (χ1n) is 10.2. The first-order chi connectivity index (χ1) is 15.4. The zero-order chi connectivity index (χ0) is 23.3. The zero-order valence-corrected chi connectivity index (χ0v) is 21.0. The molecule has 0 aliphatic carbocycles. The highest BCUT2D eigenvalue weighted by Gasteiger charge is 2.23. The average molecular weight is 491 g/mol. The van der Waals surface area contributed by atoms with Gasteiger partial charge in [0.1, 0.15) is 5.00 Å². The third-order valence-electron chi connectivity index (χ3n) is 4.83. The van der Waals surface area contributed by atoms with Crippen LogP contribution in [-0.2, 0) is 28.9 Å². The minimum Gasteiger partial charge on any atom is -0.465 e. The second-order valence-corrected chi connectivity index (χ2v) is 10.0. The molecule has 3 aromatic rings. The van der Waals surface area contributed by atoms with Gasteiger partial charge in [0.05, 0.1) is 18.4 Å². The van der Waals surface area contributed by atoms with Gasteiger partial charge in [-0.05, 0) is 31.4 Å². The number of allylic oxidation sites excluding steroid dienone is 1. The van der Waals surface area contributed by atoms with E-state index in [0.717, 1.165) is 28.2 Å². The van der Waals surface area contributed by atoms with Gasteiger partial charge in [-0.15, -0.1) is 39.4 Å². The molecule has 3 heterocycles. The van der Waals surface area contributed by atoms with Crippen LogP contribution in [0.15, 0.2) is 29.3 Å². The molecule has 1 N–H and O–H groups in total. The Bertz CT molecular complexity index is 1130. The Kier molecular flexibility index (Phi) is 8.27. The minimum atomic E-state index is -0.438. The number of anilines is 1. The number of esters is 1. The van der Waals surface area contributed by atoms with Crippen LogP contribution in [-0.4, -0.2) is 39.5 Å². The summed E-state index contributed by atoms with van der Waals surface area (Å²) < 4.78 is 6.88. The van der Waals surface area contributed by atoms with Crippen molar-refractivity contribution >= 4 is 51.3 Å². The maximum Gasteiger partial charge on any atom is 0.341 e. The predicted molar refractivity (Wildman–Crippen MR) is 132 cm³/mol. The number of nitrogens with one attached hydrogen (secondary N) is 1. The van der Waals surface area contributed by atoms with Gasteiger partial charge >= 0.3 is 5.97 Å². The number of thioether (sulfide) groups is 1. The summed E-state index contributed by atoms with van der Waals surface area (Å²) in [7, 11) is 1.34. The fraction of sp³-hybridized carbons (Fsp3) is 0.364. The molecule has 0 aliphatic rings. The van der Waals surface area contributed by atoms with Crippen molar-refractivity contribution in [2.75, 3.05) is 18.2 Å². The highest BCUT2D eigenvalue weighted by Crippen LogP contribution is 2.34. The number of carbonyl (C=O) groups excluding carboxylic acids is 2. The van der Waals surface area contributed by atoms with Crippen LogP contribution in [0, 0.1) is 6.92 Å². The van der Waals surface area contributed by atoms with Crippen molar-refractivity contribution < 1.29 is 14.3 Å². The number of rotatable bonds is 10. The van der Waals surface area contributed by atoms with Gasteiger partial charge in [0, 0.05) is 27.2 Å². The third kappa shape index (κ3) is 5.13. The van der Waals surface area contributed by atoms with E-state index in [9.17, 15) is 9.59 Å². The lowest BCUT2D eigenvalue weighted by Gasteiger charge is -2.08. The lowest BCUT2D eigenvalue weighted by atomic mass is 10.1. The van der Waals surface area contributed by atoms with Crippen molar-refractivity contribution in [3.63, 3.8) is 0 Å². The largest absolute Gasteiger partial charge is 0.465 e. The van der Waals surface area contributed by atoms with Gasteiger partial charge in [-0.2, -0.15) is 0 Å². The van der Waals surface area contributed by atoms with Crippen molar-refractivity contribution in [1.82, 2.24) is 14.8 Å². The smallest absolute Gasteiger partial charge is 0.341 e. The summed E-state index contributed by atoms with van der Waals surface area (Å²) in [6.45, 7) is 10.4. The van der Waals surface area contributed by atoms with Gasteiger partial charge in [0.25, 0.3) is 0 Å². The number of hydrogen-bond acceptors (Lipinski definition) is 8. The second-order valence-electron chi connectivity index (χ2n) is 6.88. The topological polar surface area (TPSA) is 86.1 Å². The van der Waals surface area contributed by atoms with Gasteiger partial charge < -0.3 is 10.1 Å². The molecule has 0 fully saturated rings. The number of nitrogens with zero attached hydrogens (tertiary/aromatic N) is 3. The summed E-state index contributed by atoms with van der Waals surface area (Å²) in [6, 6.07) is 2.12. The number of amides is 1. The number of ether oxygens (including phenoxy) is 1. The molecule has 0 unspecified atom stereocenters. The van der Waals surface area contributed by atoms with Crippen molar-refractivity contribution in [2.24, 2.45) is 0 Å². The van der Waals surface area contributed by atoms with Gasteiger partial charge in [-0.25, -0.2) is 4.79 Å². The molecular weight excluding hydrogens is 464 g/mol. The summed E-state index contributed by atoms with van der Waals surface area (Å²) in [5, 5.41) is 14.8. The molecule has 3 rings (SSSR count). The zero-order valence-electron chi connectivity index (χ0n) is 18.6. The number of aromatic nitrogens is 3. The molecule has 0 bridgehead atoms. The Morgan fingerprint density at radius 1 is 1.31 bits per heavy atom. The highest BCUT2D eigenvalue weighted by atomic mass is 32.2. The first-order valence-corrected chi connectivity index (χ1v) is 12.9. The molecule has 0 saturated carbocycles. The quantitative estimate of drug-likeness (QED) is 0.239. The Balaban J connectivity index is 1.76. The maximum atomic E-state index is 12.7. The van der Waals surface area contributed by atoms with E-state index in [1.165, 1.54) is 35.1 Å². The van der Waals surface area contributed by atoms with Crippen LogP contribution in [0.3, 0.4) is 0 Å². The fourth-order valence-electron chi connectivity index (χ4n) is 3.29. The second kappa shape index (κ2) is 10.9. The Morgan fingerprint density at radius 2 is 2.09 bits per heavy atom. The van der Waals surface area contributed by atoms with Crippen LogP contribution in [0.2, 0.25) is 0 Å². The van der Waals surface area contributed by atoms with Crippen LogP contribution in [0.1, 0.15) is 39.5 Å². The minimum absolute atomic E-state index is 0.137. The van der Waals surface area contributed by atoms with E-state index in [4.69, 9.17) is 4.74 Å². The molecule has 0 saturated heterocycles. The molecule has 0 spiro atoms. The standard InChI is InChI=1S/C22H26N4O3S3/c1-6-9-26-19(14-10-15(7-2)30-11-14)24-25-22(26)31-12-17(27)23-20-18(21(28)29-5)16(8-3)13(4)32-20/h6,10-11H,1,7-9,12H2,2-5H3,(H,23,27). The lowest BCUT2D eigenvalue weighted by molar-refractivity contribution is -0.113. The van der Waals surface area contributed by atoms with Gasteiger partial charge in [-0.3, -0.25) is 9.36 Å². The van der Waals surface area contributed by atoms with Crippen LogP contribution in [0.5, 0.6) is 0 Å². The van der Waals surface area contributed by atoms with Crippen LogP contribution < -0.4 is 5.32 Å². The van der Waals surface area contributed by atoms with Crippen molar-refractivity contribution in [2.45, 2.75) is 45.3 Å². The van der Waals surface area contributed by atoms with Gasteiger partial charge in [0.15, 0.2) is 11.0 Å². The molecule has 0 aliphatic heterocycles. The summed E-state index contributed by atoms with van der Waals surface area (Å²) in [5.41, 5.74) is 2.36. The highest BCUT2D eigenvalue weighted by molar-refractivity contribution is 7.99. The summed E-state index contributed by atoms with van der Waals surface area (Å²) in [5.74, 6) is 0.241. The van der Waals surface area contributed by atoms with Crippen LogP contribution in [0.25, 0.3) is 11.4 Å². The predicted octanol–water partition coefficient (Wildman–Crippen LogP) is 5.20. The van der Waals surface area contributed by atoms with E-state index < -0.39 is 5.97 Å². The van der Waals surface area contributed by atoms with Crippen molar-refractivity contribution in [1.29, 1.82) is 0 Å². The monoisotopic (exact) mass is 490 g/mol. The van der Waals surface area contributed by atoms with E-state index in [1.54, 1.807) is 17.4 Å². The van der Waals surface area contributed by atoms with Gasteiger partial charge in [0.2, 0.25) is 5.91 Å². The van der Waals surface area contributed by atoms with Crippen LogP contribution in [0.4, 0.5) is 5.00 Å². The molecule has 1 amide bonds. The normalized spacial score (nSPS) is 10.9. The summed E-state index contributed by atoms with van der Waals surface area (Å²) in [6.07, 6.45) is 3.44. The number of thiophene rings is 2. The maximum absolute atomic E-state index is 12.7. The van der Waals surface area contributed by atoms with Crippen molar-refractivity contribution in [3.8, 4) is 11.4 Å². The molecule has 7 nitrogen and oxygen atoms in total. The SMILES string of the molecule is C=CCn1c(SCC(=O)Nc2sc(C)c(CC)c2C(=O)OC)nnc1-c1csc(CC)c1. The molecule has 0 radical (unpaired) electrons. The van der Waals surface area contributed by atoms with Gasteiger partial charge in [-0.1, -0.05) is 31.7 Å². The Labute approximate surface area is 199 Å². The fourth-order valence-corrected chi connectivity index (χ4v) is 6.00. The van der Waals surface area contributed by atoms with E-state index in [-0.39, 0.29) is 11.7 Å². The molecule has 0 aromatic carbocycles. The Hall–Kier alpha value is -2.43. The summed E-state index contributed by atoms with van der Waals surface area (Å²) >= 11 is 4.39. The summed E-state index contributed by atoms with van der Waals surface area (Å²) in [4.78, 5) is 27.2. The van der Waals surface area contributed by atoms with E-state index >= 15 is 0 Å². The first kappa shape index (κ1) is 24.2. The molecule has 32 heavy (non-hydrogen) atoms. The van der Waals surface area contributed by atoms with E-state index in [2.05, 4.69) is 40.5 Å². The average Bonchev–Trinajstić information content (AvgIpc) is 3.49. The van der Waals surface area contributed by atoms with Crippen LogP contribution >= 0.6 is 34.4 Å². The number of carbonyl (C=O) groups is 2. The Morgan fingerprint density at radius 3 is 2.72 bits per heavy atom. The van der Waals surface area contributed by atoms with Crippen molar-refractivity contribution in [3.05, 3.63) is 45.0 Å². The molecule has 3 aromatic heterocycles. The van der Waals surface area contributed by atoms with E-state index in [0.29, 0.717) is 28.7 Å².